The van der Waals surface area contributed by atoms with Crippen molar-refractivity contribution in [3.63, 3.8) is 0 Å². The van der Waals surface area contributed by atoms with Crippen LogP contribution in [-0.4, -0.2) is 11.3 Å². The highest BCUT2D eigenvalue weighted by molar-refractivity contribution is 7.62. The van der Waals surface area contributed by atoms with Gasteiger partial charge in [0.1, 0.15) is 0 Å². The van der Waals surface area contributed by atoms with Crippen LogP contribution in [0.1, 0.15) is 48.5 Å². The van der Waals surface area contributed by atoms with Crippen LogP contribution in [0.2, 0.25) is 0 Å². The maximum atomic E-state index is 2.50. The van der Waals surface area contributed by atoms with Gasteiger partial charge in [-0.25, -0.2) is 0 Å². The molecule has 0 N–H and O–H groups in total. The molecule has 0 heterocycles. The Kier molecular flexibility index (Phi) is 5.22. The van der Waals surface area contributed by atoms with Gasteiger partial charge in [0.25, 0.3) is 0 Å². The van der Waals surface area contributed by atoms with Crippen LogP contribution in [0.5, 0.6) is 0 Å². The number of hydrogen-bond donors (Lipinski definition) is 0. The molecule has 0 bridgehead atoms. The molecule has 0 saturated heterocycles. The monoisotopic (exact) mass is 200 g/mol. The van der Waals surface area contributed by atoms with Gasteiger partial charge in [0, 0.05) is 0 Å². The van der Waals surface area contributed by atoms with Gasteiger partial charge in [-0.05, 0) is 31.1 Å². The molecule has 1 atom stereocenters. The van der Waals surface area contributed by atoms with Crippen molar-refractivity contribution >= 4 is 7.92 Å². The third-order valence-electron chi connectivity index (χ3n) is 1.84. The molecule has 0 aromatic rings. The minimum atomic E-state index is 0.0574. The van der Waals surface area contributed by atoms with Gasteiger partial charge in [0.15, 0.2) is 0 Å². The minimum Gasteiger partial charge on any atom is -0.0775 e. The van der Waals surface area contributed by atoms with Crippen LogP contribution in [-0.2, 0) is 0 Å². The maximum Gasteiger partial charge on any atom is -0.0145 e. The Balaban J connectivity index is 4.48. The Morgan fingerprint density at radius 1 is 1.23 bits per heavy atom. The fourth-order valence-corrected chi connectivity index (χ4v) is 3.68. The Morgan fingerprint density at radius 3 is 1.92 bits per heavy atom. The van der Waals surface area contributed by atoms with E-state index < -0.39 is 0 Å². The predicted molar refractivity (Wildman–Crippen MR) is 65.8 cm³/mol. The molecular weight excluding hydrogens is 175 g/mol. The normalized spacial score (nSPS) is 14.5. The van der Waals surface area contributed by atoms with Crippen molar-refractivity contribution < 1.29 is 0 Å². The van der Waals surface area contributed by atoms with Crippen molar-refractivity contribution in [3.05, 3.63) is 11.4 Å². The fourth-order valence-electron chi connectivity index (χ4n) is 1.23. The van der Waals surface area contributed by atoms with Gasteiger partial charge in [-0.15, -0.1) is 0 Å². The summed E-state index contributed by atoms with van der Waals surface area (Å²) in [6.07, 6.45) is 1.37. The molecule has 1 unspecified atom stereocenters. The first-order chi connectivity index (χ1) is 5.73. The molecule has 0 nitrogen and oxygen atoms in total. The second-order valence-electron chi connectivity index (χ2n) is 5.42. The highest BCUT2D eigenvalue weighted by Gasteiger charge is 2.22. The zero-order valence-corrected chi connectivity index (χ0v) is 11.2. The molecule has 0 aliphatic heterocycles. The Hall–Kier alpha value is 0.170. The molecule has 0 rings (SSSR count). The van der Waals surface area contributed by atoms with Crippen molar-refractivity contribution in [2.24, 2.45) is 5.92 Å². The lowest BCUT2D eigenvalue weighted by molar-refractivity contribution is 0.718. The van der Waals surface area contributed by atoms with Gasteiger partial charge >= 0.3 is 0 Å². The van der Waals surface area contributed by atoms with Crippen LogP contribution in [0.3, 0.4) is 0 Å². The molecule has 13 heavy (non-hydrogen) atoms. The number of rotatable bonds is 3. The zero-order chi connectivity index (χ0) is 10.6. The molecule has 0 aliphatic rings. The van der Waals surface area contributed by atoms with Crippen molar-refractivity contribution in [3.8, 4) is 0 Å². The molecular formula is C12H25P. The first-order valence-corrected chi connectivity index (χ1v) is 6.75. The molecule has 78 valence electrons. The highest BCUT2D eigenvalue weighted by atomic mass is 31.1. The van der Waals surface area contributed by atoms with Crippen molar-refractivity contribution in [1.29, 1.82) is 0 Å². The lowest BCUT2D eigenvalue weighted by atomic mass is 10.2. The third-order valence-corrected chi connectivity index (χ3v) is 5.51. The number of allylic oxidation sites excluding steroid dienone is 1. The summed E-state index contributed by atoms with van der Waals surface area (Å²) in [5.74, 6) is 3.32. The summed E-state index contributed by atoms with van der Waals surface area (Å²) in [6.45, 7) is 16.1. The molecule has 0 amide bonds. The quantitative estimate of drug-likeness (QED) is 0.571. The lowest BCUT2D eigenvalue weighted by Crippen LogP contribution is -2.14. The highest BCUT2D eigenvalue weighted by Crippen LogP contribution is 2.52. The topological polar surface area (TPSA) is 0 Å². The summed E-state index contributed by atoms with van der Waals surface area (Å²) in [6, 6.07) is 0. The van der Waals surface area contributed by atoms with Crippen molar-refractivity contribution in [1.82, 2.24) is 0 Å². The molecule has 0 saturated carbocycles. The van der Waals surface area contributed by atoms with Gasteiger partial charge in [0.2, 0.25) is 0 Å². The van der Waals surface area contributed by atoms with E-state index in [0.717, 1.165) is 5.92 Å². The smallest absolute Gasteiger partial charge is 0.0145 e. The molecule has 0 aromatic heterocycles. The van der Waals surface area contributed by atoms with Crippen LogP contribution in [0.15, 0.2) is 11.4 Å². The van der Waals surface area contributed by atoms with E-state index in [2.05, 4.69) is 54.3 Å². The summed E-state index contributed by atoms with van der Waals surface area (Å²) in [7, 11) is 0.0574. The van der Waals surface area contributed by atoms with E-state index in [1.807, 2.05) is 0 Å². The Labute approximate surface area is 85.6 Å². The predicted octanol–water partition coefficient (Wildman–Crippen LogP) is 4.85. The van der Waals surface area contributed by atoms with Crippen LogP contribution in [0.4, 0.5) is 0 Å². The first-order valence-electron chi connectivity index (χ1n) is 5.15. The van der Waals surface area contributed by atoms with Gasteiger partial charge in [-0.3, -0.25) is 0 Å². The number of hydrogen-bond acceptors (Lipinski definition) is 0. The molecule has 0 aliphatic carbocycles. The minimum absolute atomic E-state index is 0.0574. The average molecular weight is 200 g/mol. The van der Waals surface area contributed by atoms with Crippen molar-refractivity contribution in [2.45, 2.75) is 53.6 Å². The summed E-state index contributed by atoms with van der Waals surface area (Å²) >= 11 is 0. The van der Waals surface area contributed by atoms with Gasteiger partial charge in [-0.1, -0.05) is 53.9 Å². The van der Waals surface area contributed by atoms with Crippen LogP contribution in [0, 0.1) is 5.92 Å². The van der Waals surface area contributed by atoms with Crippen LogP contribution in [0.25, 0.3) is 0 Å². The van der Waals surface area contributed by atoms with E-state index in [4.69, 9.17) is 0 Å². The molecule has 1 heteroatoms. The van der Waals surface area contributed by atoms with Crippen LogP contribution >= 0.6 is 7.92 Å². The molecule has 0 fully saturated rings. The lowest BCUT2D eigenvalue weighted by Gasteiger charge is -2.30. The van der Waals surface area contributed by atoms with Gasteiger partial charge < -0.3 is 0 Å². The van der Waals surface area contributed by atoms with Gasteiger partial charge in [0.05, 0.1) is 0 Å². The summed E-state index contributed by atoms with van der Waals surface area (Å²) in [4.78, 5) is 0. The summed E-state index contributed by atoms with van der Waals surface area (Å²) < 4.78 is 0. The van der Waals surface area contributed by atoms with E-state index in [-0.39, 0.29) is 7.92 Å². The SMILES string of the molecule is CC(C)=CP(CC(C)C)C(C)(C)C. The second-order valence-corrected chi connectivity index (χ2v) is 8.33. The maximum absolute atomic E-state index is 2.50. The average Bonchev–Trinajstić information content (AvgIpc) is 1.81. The second kappa shape index (κ2) is 5.15. The zero-order valence-electron chi connectivity index (χ0n) is 10.3. The van der Waals surface area contributed by atoms with Crippen LogP contribution < -0.4 is 0 Å². The van der Waals surface area contributed by atoms with Crippen molar-refractivity contribution in [2.75, 3.05) is 6.16 Å². The summed E-state index contributed by atoms with van der Waals surface area (Å²) in [5.41, 5.74) is 1.47. The van der Waals surface area contributed by atoms with E-state index in [0.29, 0.717) is 5.16 Å². The third kappa shape index (κ3) is 6.27. The van der Waals surface area contributed by atoms with E-state index in [9.17, 15) is 0 Å². The van der Waals surface area contributed by atoms with E-state index in [1.54, 1.807) is 0 Å². The van der Waals surface area contributed by atoms with Gasteiger partial charge in [-0.2, -0.15) is 0 Å². The Bertz CT molecular complexity index is 168. The first kappa shape index (κ1) is 13.2. The largest absolute Gasteiger partial charge is 0.0775 e. The summed E-state index contributed by atoms with van der Waals surface area (Å²) in [5, 5.41) is 0.469. The molecule has 0 spiro atoms. The fraction of sp³-hybridized carbons (Fsp3) is 0.833. The van der Waals surface area contributed by atoms with E-state index in [1.165, 1.54) is 11.7 Å². The standard InChI is InChI=1S/C12H25P/c1-10(2)8-13(9-11(3)4)12(5,6)7/h8,11H,9H2,1-7H3. The molecule has 0 aromatic carbocycles. The molecule has 0 radical (unpaired) electrons. The Morgan fingerprint density at radius 2 is 1.69 bits per heavy atom. The van der Waals surface area contributed by atoms with E-state index >= 15 is 0 Å².